The molecule has 2 heterocycles. The molecule has 0 saturated heterocycles. The average Bonchev–Trinajstić information content (AvgIpc) is 2.64. The fourth-order valence-corrected chi connectivity index (χ4v) is 2.97. The molecule has 1 aliphatic rings. The first kappa shape index (κ1) is 17.1. The molecule has 0 spiro atoms. The molecule has 27 heavy (non-hydrogen) atoms. The van der Waals surface area contributed by atoms with E-state index in [0.717, 1.165) is 24.8 Å². The lowest BCUT2D eigenvalue weighted by Crippen LogP contribution is -2.11. The average molecular weight is 367 g/mol. The summed E-state index contributed by atoms with van der Waals surface area (Å²) in [6, 6.07) is 5.18. The first-order valence-corrected chi connectivity index (χ1v) is 8.61. The van der Waals surface area contributed by atoms with Gasteiger partial charge in [0.15, 0.2) is 11.6 Å². The molecule has 0 atom stereocenters. The van der Waals surface area contributed by atoms with E-state index >= 15 is 4.39 Å². The van der Waals surface area contributed by atoms with Gasteiger partial charge in [0.05, 0.1) is 25.2 Å². The molecule has 1 aliphatic carbocycles. The molecule has 138 valence electrons. The molecule has 4 rings (SSSR count). The maximum Gasteiger partial charge on any atom is 0.325 e. The first-order valence-electron chi connectivity index (χ1n) is 8.61. The quantitative estimate of drug-likeness (QED) is 0.734. The fourth-order valence-electron chi connectivity index (χ4n) is 2.97. The van der Waals surface area contributed by atoms with Crippen LogP contribution in [0.2, 0.25) is 0 Å². The van der Waals surface area contributed by atoms with Gasteiger partial charge in [-0.15, -0.1) is 0 Å². The van der Waals surface area contributed by atoms with Gasteiger partial charge in [0.25, 0.3) is 0 Å². The van der Waals surface area contributed by atoms with E-state index in [9.17, 15) is 0 Å². The smallest absolute Gasteiger partial charge is 0.325 e. The Morgan fingerprint density at radius 1 is 1.11 bits per heavy atom. The van der Waals surface area contributed by atoms with Gasteiger partial charge in [0.1, 0.15) is 5.82 Å². The summed E-state index contributed by atoms with van der Waals surface area (Å²) < 4.78 is 26.3. The summed E-state index contributed by atoms with van der Waals surface area (Å²) in [5, 5.41) is 0. The molecule has 1 fully saturated rings. The first-order chi connectivity index (χ1) is 13.2. The van der Waals surface area contributed by atoms with Gasteiger partial charge >= 0.3 is 6.01 Å². The largest absolute Gasteiger partial charge is 0.481 e. The van der Waals surface area contributed by atoms with Gasteiger partial charge in [-0.3, -0.25) is 4.98 Å². The van der Waals surface area contributed by atoms with E-state index in [1.807, 2.05) is 6.07 Å². The molecule has 2 aromatic heterocycles. The van der Waals surface area contributed by atoms with Gasteiger partial charge in [-0.05, 0) is 24.8 Å². The van der Waals surface area contributed by atoms with Crippen molar-refractivity contribution in [2.45, 2.75) is 25.2 Å². The van der Waals surface area contributed by atoms with Crippen molar-refractivity contribution < 1.29 is 13.9 Å². The Labute approximate surface area is 155 Å². The maximum absolute atomic E-state index is 15.4. The standard InChI is InChI=1S/C19H18FN5O2/c1-26-16-7-8-22-19(25-16)27-18-12(11-3-2-4-11)5-6-13(17(18)20)14-9-24-15(21)10-23-14/h5-11H,2-4H2,1H3,(H2,21,24). The number of nitrogen functional groups attached to an aromatic ring is 1. The predicted octanol–water partition coefficient (Wildman–Crippen LogP) is 3.72. The summed E-state index contributed by atoms with van der Waals surface area (Å²) in [4.78, 5) is 16.3. The maximum atomic E-state index is 15.4. The minimum atomic E-state index is -0.523. The van der Waals surface area contributed by atoms with Crippen LogP contribution in [-0.4, -0.2) is 27.0 Å². The van der Waals surface area contributed by atoms with Crippen LogP contribution in [0.25, 0.3) is 11.3 Å². The molecule has 8 heteroatoms. The zero-order valence-corrected chi connectivity index (χ0v) is 14.7. The summed E-state index contributed by atoms with van der Waals surface area (Å²) in [6.45, 7) is 0. The van der Waals surface area contributed by atoms with Crippen molar-refractivity contribution in [2.24, 2.45) is 0 Å². The Hall–Kier alpha value is -3.29. The molecule has 0 amide bonds. The molecule has 1 aromatic carbocycles. The predicted molar refractivity (Wildman–Crippen MR) is 97.1 cm³/mol. The Kier molecular flexibility index (Phi) is 4.53. The lowest BCUT2D eigenvalue weighted by Gasteiger charge is -2.28. The Morgan fingerprint density at radius 2 is 1.96 bits per heavy atom. The van der Waals surface area contributed by atoms with Gasteiger partial charge in [-0.2, -0.15) is 4.98 Å². The number of anilines is 1. The number of ether oxygens (including phenoxy) is 2. The molecule has 1 saturated carbocycles. The SMILES string of the molecule is COc1ccnc(Oc2c(C3CCC3)ccc(-c3cnc(N)cn3)c2F)n1. The number of halogens is 1. The summed E-state index contributed by atoms with van der Waals surface area (Å²) in [6.07, 6.45) is 7.43. The van der Waals surface area contributed by atoms with Gasteiger partial charge in [-0.25, -0.2) is 14.4 Å². The number of hydrogen-bond acceptors (Lipinski definition) is 7. The third-order valence-corrected chi connectivity index (χ3v) is 4.63. The number of methoxy groups -OCH3 is 1. The van der Waals surface area contributed by atoms with Gasteiger partial charge in [0.2, 0.25) is 5.88 Å². The lowest BCUT2D eigenvalue weighted by molar-refractivity contribution is 0.355. The summed E-state index contributed by atoms with van der Waals surface area (Å²) in [5.41, 5.74) is 7.03. The molecular formula is C19H18FN5O2. The van der Waals surface area contributed by atoms with Crippen LogP contribution in [0.5, 0.6) is 17.6 Å². The van der Waals surface area contributed by atoms with E-state index in [2.05, 4.69) is 19.9 Å². The van der Waals surface area contributed by atoms with E-state index in [0.29, 0.717) is 11.6 Å². The van der Waals surface area contributed by atoms with E-state index in [1.54, 1.807) is 12.1 Å². The molecule has 0 unspecified atom stereocenters. The fraction of sp³-hybridized carbons (Fsp3) is 0.263. The highest BCUT2D eigenvalue weighted by Crippen LogP contribution is 2.44. The van der Waals surface area contributed by atoms with Crippen LogP contribution in [0.4, 0.5) is 10.2 Å². The second kappa shape index (κ2) is 7.14. The third kappa shape index (κ3) is 3.38. The Balaban J connectivity index is 1.78. The second-order valence-corrected chi connectivity index (χ2v) is 6.28. The van der Waals surface area contributed by atoms with Crippen LogP contribution < -0.4 is 15.2 Å². The molecular weight excluding hydrogens is 349 g/mol. The van der Waals surface area contributed by atoms with Crippen LogP contribution in [0.15, 0.2) is 36.8 Å². The minimum Gasteiger partial charge on any atom is -0.481 e. The number of nitrogens with zero attached hydrogens (tertiary/aromatic N) is 4. The number of benzene rings is 1. The highest BCUT2D eigenvalue weighted by molar-refractivity contribution is 5.64. The number of aromatic nitrogens is 4. The van der Waals surface area contributed by atoms with Crippen molar-refractivity contribution in [3.63, 3.8) is 0 Å². The summed E-state index contributed by atoms with van der Waals surface area (Å²) in [5.74, 6) is 0.457. The molecule has 3 aromatic rings. The zero-order valence-electron chi connectivity index (χ0n) is 14.7. The monoisotopic (exact) mass is 367 g/mol. The summed E-state index contributed by atoms with van der Waals surface area (Å²) >= 11 is 0. The highest BCUT2D eigenvalue weighted by Gasteiger charge is 2.27. The van der Waals surface area contributed by atoms with E-state index in [1.165, 1.54) is 25.7 Å². The van der Waals surface area contributed by atoms with Crippen molar-refractivity contribution in [3.8, 4) is 28.9 Å². The molecule has 0 bridgehead atoms. The molecule has 7 nitrogen and oxygen atoms in total. The van der Waals surface area contributed by atoms with Crippen molar-refractivity contribution in [1.29, 1.82) is 0 Å². The molecule has 0 radical (unpaired) electrons. The van der Waals surface area contributed by atoms with Crippen LogP contribution in [-0.2, 0) is 0 Å². The van der Waals surface area contributed by atoms with E-state index in [-0.39, 0.29) is 29.1 Å². The number of rotatable bonds is 5. The van der Waals surface area contributed by atoms with Crippen LogP contribution in [0.1, 0.15) is 30.7 Å². The third-order valence-electron chi connectivity index (χ3n) is 4.63. The zero-order chi connectivity index (χ0) is 18.8. The van der Waals surface area contributed by atoms with Gasteiger partial charge in [-0.1, -0.05) is 12.5 Å². The highest BCUT2D eigenvalue weighted by atomic mass is 19.1. The minimum absolute atomic E-state index is 0.0226. The second-order valence-electron chi connectivity index (χ2n) is 6.28. The Bertz CT molecular complexity index is 961. The Morgan fingerprint density at radius 3 is 2.63 bits per heavy atom. The van der Waals surface area contributed by atoms with E-state index < -0.39 is 5.82 Å². The lowest BCUT2D eigenvalue weighted by atomic mass is 9.79. The van der Waals surface area contributed by atoms with Crippen LogP contribution >= 0.6 is 0 Å². The molecule has 2 N–H and O–H groups in total. The topological polar surface area (TPSA) is 96.0 Å². The van der Waals surface area contributed by atoms with Crippen LogP contribution in [0.3, 0.4) is 0 Å². The number of hydrogen-bond donors (Lipinski definition) is 1. The van der Waals surface area contributed by atoms with Crippen molar-refractivity contribution in [1.82, 2.24) is 19.9 Å². The van der Waals surface area contributed by atoms with Gasteiger partial charge < -0.3 is 15.2 Å². The van der Waals surface area contributed by atoms with E-state index in [4.69, 9.17) is 15.2 Å². The van der Waals surface area contributed by atoms with Crippen molar-refractivity contribution in [2.75, 3.05) is 12.8 Å². The van der Waals surface area contributed by atoms with Gasteiger partial charge in [0, 0.05) is 23.4 Å². The van der Waals surface area contributed by atoms with Crippen LogP contribution in [0, 0.1) is 5.82 Å². The van der Waals surface area contributed by atoms with Crippen molar-refractivity contribution >= 4 is 5.82 Å². The van der Waals surface area contributed by atoms with Crippen molar-refractivity contribution in [3.05, 3.63) is 48.2 Å². The number of nitrogens with two attached hydrogens (primary N) is 1. The summed E-state index contributed by atoms with van der Waals surface area (Å²) in [7, 11) is 1.49. The molecule has 0 aliphatic heterocycles. The normalized spacial score (nSPS) is 13.9.